The number of nitrogens with one attached hydrogen (secondary N) is 1. The van der Waals surface area contributed by atoms with Gasteiger partial charge in [0.15, 0.2) is 0 Å². The van der Waals surface area contributed by atoms with Crippen LogP contribution in [0.1, 0.15) is 24.0 Å². The maximum absolute atomic E-state index is 8.94. The minimum absolute atomic E-state index is 0.341. The van der Waals surface area contributed by atoms with Crippen molar-refractivity contribution in [2.45, 2.75) is 25.6 Å². The molecule has 1 heterocycles. The van der Waals surface area contributed by atoms with Crippen LogP contribution in [0.5, 0.6) is 0 Å². The maximum Gasteiger partial charge on any atom is 0.0995 e. The fourth-order valence-corrected chi connectivity index (χ4v) is 1.92. The van der Waals surface area contributed by atoms with Crippen molar-refractivity contribution in [3.8, 4) is 6.07 Å². The molecule has 0 amide bonds. The summed E-state index contributed by atoms with van der Waals surface area (Å²) in [5, 5.41) is 12.2. The fraction of sp³-hybridized carbons (Fsp3) is 0.462. The van der Waals surface area contributed by atoms with Gasteiger partial charge in [-0.2, -0.15) is 5.26 Å². The molecular weight excluding hydrogens is 200 g/mol. The Bertz CT molecular complexity index is 378. The second-order valence-corrected chi connectivity index (χ2v) is 4.03. The van der Waals surface area contributed by atoms with Gasteiger partial charge in [-0.15, -0.1) is 0 Å². The van der Waals surface area contributed by atoms with E-state index in [1.807, 2.05) is 24.3 Å². The van der Waals surface area contributed by atoms with Gasteiger partial charge in [-0.05, 0) is 37.6 Å². The number of nitrogens with zero attached hydrogens (tertiary/aromatic N) is 1. The summed E-state index contributed by atoms with van der Waals surface area (Å²) in [7, 11) is 0. The van der Waals surface area contributed by atoms with Gasteiger partial charge in [0, 0.05) is 0 Å². The van der Waals surface area contributed by atoms with Crippen LogP contribution in [0.15, 0.2) is 24.3 Å². The van der Waals surface area contributed by atoms with E-state index in [-0.39, 0.29) is 0 Å². The van der Waals surface area contributed by atoms with Crippen LogP contribution in [0.4, 0.5) is 0 Å². The van der Waals surface area contributed by atoms with Gasteiger partial charge in [-0.25, -0.2) is 0 Å². The molecule has 1 N–H and O–H groups in total. The van der Waals surface area contributed by atoms with E-state index in [9.17, 15) is 0 Å². The number of benzene rings is 1. The molecule has 16 heavy (non-hydrogen) atoms. The number of rotatable bonds is 3. The maximum atomic E-state index is 8.94. The van der Waals surface area contributed by atoms with Crippen molar-refractivity contribution in [2.75, 3.05) is 13.1 Å². The molecule has 1 fully saturated rings. The molecule has 0 radical (unpaired) electrons. The van der Waals surface area contributed by atoms with Crippen molar-refractivity contribution < 1.29 is 4.74 Å². The highest BCUT2D eigenvalue weighted by molar-refractivity contribution is 5.36. The molecule has 1 saturated heterocycles. The van der Waals surface area contributed by atoms with Gasteiger partial charge in [0.2, 0.25) is 0 Å². The minimum Gasteiger partial charge on any atom is -0.373 e. The number of hydrogen-bond donors (Lipinski definition) is 1. The van der Waals surface area contributed by atoms with E-state index in [0.717, 1.165) is 37.1 Å². The summed E-state index contributed by atoms with van der Waals surface area (Å²) in [5.74, 6) is 0. The molecule has 84 valence electrons. The summed E-state index contributed by atoms with van der Waals surface area (Å²) in [4.78, 5) is 0. The van der Waals surface area contributed by atoms with E-state index in [1.165, 1.54) is 0 Å². The molecule has 0 aliphatic carbocycles. The number of nitriles is 1. The first-order chi connectivity index (χ1) is 7.90. The van der Waals surface area contributed by atoms with Gasteiger partial charge < -0.3 is 10.1 Å². The summed E-state index contributed by atoms with van der Waals surface area (Å²) < 4.78 is 5.82. The monoisotopic (exact) mass is 216 g/mol. The van der Waals surface area contributed by atoms with E-state index in [0.29, 0.717) is 12.7 Å². The standard InChI is InChI=1S/C13H16N2O/c14-9-11-3-1-2-4-12(11)10-16-13-5-7-15-8-6-13/h1-4,13,15H,5-8,10H2. The highest BCUT2D eigenvalue weighted by Crippen LogP contribution is 2.13. The summed E-state index contributed by atoms with van der Waals surface area (Å²) in [6.45, 7) is 2.61. The van der Waals surface area contributed by atoms with Gasteiger partial charge in [-0.1, -0.05) is 18.2 Å². The molecule has 2 rings (SSSR count). The van der Waals surface area contributed by atoms with Crippen LogP contribution in [0.2, 0.25) is 0 Å². The predicted octanol–water partition coefficient (Wildman–Crippen LogP) is 1.83. The molecule has 0 unspecified atom stereocenters. The van der Waals surface area contributed by atoms with Crippen molar-refractivity contribution in [1.29, 1.82) is 5.26 Å². The van der Waals surface area contributed by atoms with Crippen LogP contribution in [0, 0.1) is 11.3 Å². The van der Waals surface area contributed by atoms with Crippen LogP contribution in [-0.4, -0.2) is 19.2 Å². The molecule has 3 heteroatoms. The first kappa shape index (κ1) is 11.1. The average Bonchev–Trinajstić information content (AvgIpc) is 2.38. The highest BCUT2D eigenvalue weighted by atomic mass is 16.5. The first-order valence-electron chi connectivity index (χ1n) is 5.70. The van der Waals surface area contributed by atoms with E-state index >= 15 is 0 Å². The zero-order chi connectivity index (χ0) is 11.2. The quantitative estimate of drug-likeness (QED) is 0.838. The third kappa shape index (κ3) is 2.82. The molecule has 0 bridgehead atoms. The third-order valence-electron chi connectivity index (χ3n) is 2.90. The predicted molar refractivity (Wildman–Crippen MR) is 61.8 cm³/mol. The van der Waals surface area contributed by atoms with Crippen molar-refractivity contribution in [1.82, 2.24) is 5.32 Å². The molecule has 1 aliphatic rings. The Balaban J connectivity index is 1.91. The Morgan fingerprint density at radius 3 is 2.81 bits per heavy atom. The zero-order valence-corrected chi connectivity index (χ0v) is 9.28. The highest BCUT2D eigenvalue weighted by Gasteiger charge is 2.13. The summed E-state index contributed by atoms with van der Waals surface area (Å²) in [5.41, 5.74) is 1.71. The van der Waals surface area contributed by atoms with Crippen molar-refractivity contribution >= 4 is 0 Å². The minimum atomic E-state index is 0.341. The molecular formula is C13H16N2O. The Kier molecular flexibility index (Phi) is 3.92. The van der Waals surface area contributed by atoms with Crippen LogP contribution in [-0.2, 0) is 11.3 Å². The van der Waals surface area contributed by atoms with Crippen LogP contribution in [0.25, 0.3) is 0 Å². The number of piperidine rings is 1. The van der Waals surface area contributed by atoms with Crippen LogP contribution >= 0.6 is 0 Å². The Morgan fingerprint density at radius 1 is 1.31 bits per heavy atom. The lowest BCUT2D eigenvalue weighted by molar-refractivity contribution is 0.0211. The summed E-state index contributed by atoms with van der Waals surface area (Å²) >= 11 is 0. The lowest BCUT2D eigenvalue weighted by Crippen LogP contribution is -2.32. The summed E-state index contributed by atoms with van der Waals surface area (Å²) in [6, 6.07) is 9.81. The molecule has 1 aromatic carbocycles. The molecule has 3 nitrogen and oxygen atoms in total. The molecule has 0 atom stereocenters. The smallest absolute Gasteiger partial charge is 0.0995 e. The van der Waals surface area contributed by atoms with Crippen molar-refractivity contribution in [2.24, 2.45) is 0 Å². The third-order valence-corrected chi connectivity index (χ3v) is 2.90. The summed E-state index contributed by atoms with van der Waals surface area (Å²) in [6.07, 6.45) is 2.47. The molecule has 1 aliphatic heterocycles. The topological polar surface area (TPSA) is 45.0 Å². The Labute approximate surface area is 96.0 Å². The van der Waals surface area contributed by atoms with Crippen molar-refractivity contribution in [3.63, 3.8) is 0 Å². The molecule has 0 spiro atoms. The number of hydrogen-bond acceptors (Lipinski definition) is 3. The van der Waals surface area contributed by atoms with E-state index in [1.54, 1.807) is 0 Å². The second kappa shape index (κ2) is 5.64. The SMILES string of the molecule is N#Cc1ccccc1COC1CCNCC1. The fourth-order valence-electron chi connectivity index (χ4n) is 1.92. The van der Waals surface area contributed by atoms with Gasteiger partial charge in [0.1, 0.15) is 0 Å². The van der Waals surface area contributed by atoms with E-state index < -0.39 is 0 Å². The van der Waals surface area contributed by atoms with Crippen molar-refractivity contribution in [3.05, 3.63) is 35.4 Å². The normalized spacial score (nSPS) is 16.9. The van der Waals surface area contributed by atoms with E-state index in [2.05, 4.69) is 11.4 Å². The zero-order valence-electron chi connectivity index (χ0n) is 9.28. The lowest BCUT2D eigenvalue weighted by Gasteiger charge is -2.23. The van der Waals surface area contributed by atoms with Crippen LogP contribution in [0.3, 0.4) is 0 Å². The van der Waals surface area contributed by atoms with Gasteiger partial charge in [0.05, 0.1) is 24.3 Å². The van der Waals surface area contributed by atoms with Gasteiger partial charge >= 0.3 is 0 Å². The molecule has 1 aromatic rings. The lowest BCUT2D eigenvalue weighted by atomic mass is 10.1. The van der Waals surface area contributed by atoms with Crippen LogP contribution < -0.4 is 5.32 Å². The second-order valence-electron chi connectivity index (χ2n) is 4.03. The first-order valence-corrected chi connectivity index (χ1v) is 5.70. The average molecular weight is 216 g/mol. The van der Waals surface area contributed by atoms with Gasteiger partial charge in [-0.3, -0.25) is 0 Å². The Hall–Kier alpha value is -1.37. The van der Waals surface area contributed by atoms with Gasteiger partial charge in [0.25, 0.3) is 0 Å². The van der Waals surface area contributed by atoms with E-state index in [4.69, 9.17) is 10.00 Å². The molecule has 0 saturated carbocycles. The Morgan fingerprint density at radius 2 is 2.06 bits per heavy atom. The number of ether oxygens (including phenoxy) is 1. The largest absolute Gasteiger partial charge is 0.373 e. The molecule has 0 aromatic heterocycles.